The van der Waals surface area contributed by atoms with Crippen LogP contribution >= 0.6 is 0 Å². The second-order valence-electron chi connectivity index (χ2n) is 5.57. The summed E-state index contributed by atoms with van der Waals surface area (Å²) in [5.74, 6) is -5.98. The molecule has 0 saturated carbocycles. The Morgan fingerprint density at radius 2 is 1.95 bits per heavy atom. The molecule has 116 valence electrons. The van der Waals surface area contributed by atoms with Gasteiger partial charge in [0.05, 0.1) is 23.3 Å². The Labute approximate surface area is 126 Å². The number of carbonyl (C=O) groups excluding carboxylic acids is 1. The minimum Gasteiger partial charge on any atom is -0.462 e. The Morgan fingerprint density at radius 1 is 1.32 bits per heavy atom. The van der Waals surface area contributed by atoms with E-state index in [0.717, 1.165) is 16.8 Å². The van der Waals surface area contributed by atoms with Crippen molar-refractivity contribution in [3.05, 3.63) is 35.2 Å². The van der Waals surface area contributed by atoms with Crippen LogP contribution in [-0.4, -0.2) is 28.5 Å². The molecule has 0 bridgehead atoms. The van der Waals surface area contributed by atoms with Gasteiger partial charge >= 0.3 is 11.9 Å². The summed E-state index contributed by atoms with van der Waals surface area (Å²) in [6.45, 7) is 3.30. The molecule has 0 aliphatic heterocycles. The predicted molar refractivity (Wildman–Crippen MR) is 76.8 cm³/mol. The number of hydrogen-bond donors (Lipinski definition) is 0. The van der Waals surface area contributed by atoms with Crippen LogP contribution in [0.4, 0.5) is 8.78 Å². The van der Waals surface area contributed by atoms with Crippen molar-refractivity contribution in [2.24, 2.45) is 5.92 Å². The number of ether oxygens (including phenoxy) is 1. The summed E-state index contributed by atoms with van der Waals surface area (Å²) in [6, 6.07) is 3.59. The molecule has 1 aliphatic rings. The highest BCUT2D eigenvalue weighted by molar-refractivity contribution is 5.79. The lowest BCUT2D eigenvalue weighted by Crippen LogP contribution is -2.39. The lowest BCUT2D eigenvalue weighted by atomic mass is 9.98. The number of rotatable bonds is 3. The highest BCUT2D eigenvalue weighted by Crippen LogP contribution is 2.39. The number of halogens is 2. The maximum absolute atomic E-state index is 14.2. The molecule has 1 unspecified atom stereocenters. The predicted octanol–water partition coefficient (Wildman–Crippen LogP) is 2.85. The number of aromatic nitrogens is 2. The fourth-order valence-corrected chi connectivity index (χ4v) is 2.87. The maximum Gasteiger partial charge on any atom is 0.377 e. The second kappa shape index (κ2) is 5.26. The third-order valence-electron chi connectivity index (χ3n) is 3.98. The average molecular weight is 306 g/mol. The van der Waals surface area contributed by atoms with Crippen molar-refractivity contribution in [1.29, 1.82) is 0 Å². The number of fused-ring (bicyclic) bond motifs is 2. The molecule has 22 heavy (non-hydrogen) atoms. The van der Waals surface area contributed by atoms with Crippen LogP contribution < -0.4 is 0 Å². The fraction of sp³-hybridized carbons (Fsp3) is 0.438. The number of hydrogen-bond acceptors (Lipinski definition) is 4. The zero-order valence-corrected chi connectivity index (χ0v) is 12.4. The van der Waals surface area contributed by atoms with Crippen LogP contribution in [0.5, 0.6) is 0 Å². The van der Waals surface area contributed by atoms with Gasteiger partial charge in [-0.3, -0.25) is 4.98 Å². The van der Waals surface area contributed by atoms with Crippen LogP contribution in [0, 0.1) is 12.8 Å². The van der Waals surface area contributed by atoms with Gasteiger partial charge in [0.2, 0.25) is 0 Å². The van der Waals surface area contributed by atoms with Crippen LogP contribution in [0.15, 0.2) is 18.3 Å². The van der Waals surface area contributed by atoms with Crippen molar-refractivity contribution in [2.45, 2.75) is 32.6 Å². The molecule has 2 aromatic rings. The minimum absolute atomic E-state index is 0.0505. The standard InChI is InChI=1S/C16H16F2N2O2/c1-3-22-15(21)16(17,18)12-4-10-6-13-14(7-11(10)5-12)20-9(2)8-19-13/h6-8,12H,3-5H2,1-2H3. The molecule has 0 saturated heterocycles. The van der Waals surface area contributed by atoms with E-state index in [2.05, 4.69) is 14.7 Å². The maximum atomic E-state index is 14.2. The molecule has 0 radical (unpaired) electrons. The van der Waals surface area contributed by atoms with Gasteiger partial charge in [0.1, 0.15) is 0 Å². The number of benzene rings is 1. The van der Waals surface area contributed by atoms with E-state index in [9.17, 15) is 13.6 Å². The number of esters is 1. The van der Waals surface area contributed by atoms with E-state index < -0.39 is 17.8 Å². The van der Waals surface area contributed by atoms with E-state index in [-0.39, 0.29) is 19.4 Å². The van der Waals surface area contributed by atoms with E-state index >= 15 is 0 Å². The Balaban J connectivity index is 1.92. The first kappa shape index (κ1) is 14.8. The molecular formula is C16H16F2N2O2. The summed E-state index contributed by atoms with van der Waals surface area (Å²) in [5.41, 5.74) is 3.77. The SMILES string of the molecule is CCOC(=O)C(F)(F)C1Cc2cc3ncc(C)nc3cc2C1. The third kappa shape index (κ3) is 2.42. The molecule has 0 amide bonds. The van der Waals surface area contributed by atoms with Crippen LogP contribution in [0.2, 0.25) is 0 Å². The van der Waals surface area contributed by atoms with Crippen LogP contribution in [0.25, 0.3) is 11.0 Å². The van der Waals surface area contributed by atoms with Crippen LogP contribution in [0.1, 0.15) is 23.7 Å². The fourth-order valence-electron chi connectivity index (χ4n) is 2.87. The van der Waals surface area contributed by atoms with E-state index in [4.69, 9.17) is 0 Å². The highest BCUT2D eigenvalue weighted by Gasteiger charge is 2.50. The lowest BCUT2D eigenvalue weighted by Gasteiger charge is -2.20. The Morgan fingerprint density at radius 3 is 2.59 bits per heavy atom. The molecule has 1 aromatic carbocycles. The van der Waals surface area contributed by atoms with Crippen LogP contribution in [0.3, 0.4) is 0 Å². The van der Waals surface area contributed by atoms with Gasteiger partial charge in [-0.25, -0.2) is 9.78 Å². The van der Waals surface area contributed by atoms with Crippen molar-refractivity contribution < 1.29 is 18.3 Å². The number of nitrogens with zero attached hydrogens (tertiary/aromatic N) is 2. The van der Waals surface area contributed by atoms with Crippen molar-refractivity contribution in [2.75, 3.05) is 6.61 Å². The van der Waals surface area contributed by atoms with Crippen molar-refractivity contribution in [1.82, 2.24) is 9.97 Å². The molecular weight excluding hydrogens is 290 g/mol. The summed E-state index contributed by atoms with van der Waals surface area (Å²) >= 11 is 0. The summed E-state index contributed by atoms with van der Waals surface area (Å²) in [4.78, 5) is 20.1. The Hall–Kier alpha value is -2.11. The molecule has 3 rings (SSSR count). The topological polar surface area (TPSA) is 52.1 Å². The highest BCUT2D eigenvalue weighted by atomic mass is 19.3. The summed E-state index contributed by atoms with van der Waals surface area (Å²) < 4.78 is 32.9. The second-order valence-corrected chi connectivity index (χ2v) is 5.57. The number of carbonyl (C=O) groups is 1. The molecule has 0 fully saturated rings. The van der Waals surface area contributed by atoms with Crippen molar-refractivity contribution in [3.8, 4) is 0 Å². The summed E-state index contributed by atoms with van der Waals surface area (Å²) in [6.07, 6.45) is 1.94. The van der Waals surface area contributed by atoms with Gasteiger partial charge in [0.15, 0.2) is 0 Å². The zero-order chi connectivity index (χ0) is 15.9. The van der Waals surface area contributed by atoms with E-state index in [0.29, 0.717) is 11.0 Å². The molecule has 1 heterocycles. The lowest BCUT2D eigenvalue weighted by molar-refractivity contribution is -0.179. The van der Waals surface area contributed by atoms with E-state index in [1.807, 2.05) is 6.92 Å². The van der Waals surface area contributed by atoms with Crippen molar-refractivity contribution >= 4 is 17.0 Å². The molecule has 6 heteroatoms. The van der Waals surface area contributed by atoms with Gasteiger partial charge in [0, 0.05) is 12.1 Å². The van der Waals surface area contributed by atoms with Gasteiger partial charge in [-0.1, -0.05) is 0 Å². The van der Waals surface area contributed by atoms with Gasteiger partial charge in [0.25, 0.3) is 0 Å². The summed E-state index contributed by atoms with van der Waals surface area (Å²) in [7, 11) is 0. The van der Waals surface area contributed by atoms with E-state index in [1.54, 1.807) is 18.3 Å². The first-order chi connectivity index (χ1) is 10.4. The average Bonchev–Trinajstić information content (AvgIpc) is 2.88. The number of aryl methyl sites for hydroxylation is 1. The Bertz CT molecular complexity index is 746. The monoisotopic (exact) mass is 306 g/mol. The van der Waals surface area contributed by atoms with Crippen LogP contribution in [-0.2, 0) is 22.4 Å². The molecule has 4 nitrogen and oxygen atoms in total. The van der Waals surface area contributed by atoms with Gasteiger partial charge in [-0.2, -0.15) is 8.78 Å². The van der Waals surface area contributed by atoms with E-state index in [1.165, 1.54) is 6.92 Å². The third-order valence-corrected chi connectivity index (χ3v) is 3.98. The Kier molecular flexibility index (Phi) is 3.54. The molecule has 0 spiro atoms. The molecule has 1 aliphatic carbocycles. The van der Waals surface area contributed by atoms with Gasteiger partial charge < -0.3 is 4.74 Å². The minimum atomic E-state index is -3.47. The normalized spacial score (nSPS) is 17.5. The number of alkyl halides is 2. The zero-order valence-electron chi connectivity index (χ0n) is 12.4. The first-order valence-corrected chi connectivity index (χ1v) is 7.22. The largest absolute Gasteiger partial charge is 0.462 e. The van der Waals surface area contributed by atoms with Gasteiger partial charge in [-0.15, -0.1) is 0 Å². The van der Waals surface area contributed by atoms with Gasteiger partial charge in [-0.05, 0) is 49.9 Å². The van der Waals surface area contributed by atoms with Crippen molar-refractivity contribution in [3.63, 3.8) is 0 Å². The smallest absolute Gasteiger partial charge is 0.377 e. The molecule has 0 N–H and O–H groups in total. The molecule has 1 atom stereocenters. The summed E-state index contributed by atoms with van der Waals surface area (Å²) in [5, 5.41) is 0. The first-order valence-electron chi connectivity index (χ1n) is 7.22. The molecule has 1 aromatic heterocycles. The quantitative estimate of drug-likeness (QED) is 0.818.